The lowest BCUT2D eigenvalue weighted by Crippen LogP contribution is -2.25. The molecule has 0 bridgehead atoms. The van der Waals surface area contributed by atoms with Crippen molar-refractivity contribution in [3.05, 3.63) is 23.9 Å². The Morgan fingerprint density at radius 1 is 1.42 bits per heavy atom. The van der Waals surface area contributed by atoms with E-state index >= 15 is 0 Å². The van der Waals surface area contributed by atoms with Gasteiger partial charge in [-0.05, 0) is 24.3 Å². The third-order valence-corrected chi connectivity index (χ3v) is 3.10. The molecule has 2 aliphatic rings. The van der Waals surface area contributed by atoms with Crippen LogP contribution in [0.15, 0.2) is 28.9 Å². The Balaban J connectivity index is 2.31. The number of allylic oxidation sites excluding steroid dienone is 4. The van der Waals surface area contributed by atoms with E-state index in [-0.39, 0.29) is 0 Å². The maximum Gasteiger partial charge on any atom is 0.0436 e. The Labute approximate surface area is 73.9 Å². The van der Waals surface area contributed by atoms with Gasteiger partial charge in [0.25, 0.3) is 0 Å². The van der Waals surface area contributed by atoms with Gasteiger partial charge in [-0.25, -0.2) is 0 Å². The van der Waals surface area contributed by atoms with Crippen molar-refractivity contribution in [3.63, 3.8) is 0 Å². The van der Waals surface area contributed by atoms with Crippen molar-refractivity contribution in [2.45, 2.75) is 20.3 Å². The monoisotopic (exact) mass is 161 g/mol. The van der Waals surface area contributed by atoms with Crippen LogP contribution in [0, 0.1) is 17.8 Å². The van der Waals surface area contributed by atoms with E-state index in [2.05, 4.69) is 43.3 Å². The van der Waals surface area contributed by atoms with E-state index in [1.165, 1.54) is 12.1 Å². The SMILES string of the molecule is CC1C=NC2=CC=CCC2C1C. The van der Waals surface area contributed by atoms with Crippen LogP contribution in [-0.2, 0) is 0 Å². The number of rotatable bonds is 0. The predicted octanol–water partition coefficient (Wildman–Crippen LogP) is 2.80. The van der Waals surface area contributed by atoms with Gasteiger partial charge >= 0.3 is 0 Å². The number of fused-ring (bicyclic) bond motifs is 1. The number of nitrogens with zero attached hydrogens (tertiary/aromatic N) is 1. The molecule has 2 rings (SSSR count). The molecule has 0 fully saturated rings. The largest absolute Gasteiger partial charge is 0.265 e. The van der Waals surface area contributed by atoms with E-state index in [0.29, 0.717) is 11.8 Å². The third-order valence-electron chi connectivity index (χ3n) is 3.10. The summed E-state index contributed by atoms with van der Waals surface area (Å²) in [5.41, 5.74) is 1.28. The van der Waals surface area contributed by atoms with Gasteiger partial charge in [0.05, 0.1) is 0 Å². The van der Waals surface area contributed by atoms with Crippen LogP contribution in [0.2, 0.25) is 0 Å². The quantitative estimate of drug-likeness (QED) is 0.518. The fourth-order valence-electron chi connectivity index (χ4n) is 1.96. The minimum absolute atomic E-state index is 0.638. The first-order valence-electron chi connectivity index (χ1n) is 4.70. The normalized spacial score (nSPS) is 39.2. The van der Waals surface area contributed by atoms with E-state index in [1.54, 1.807) is 0 Å². The van der Waals surface area contributed by atoms with E-state index < -0.39 is 0 Å². The fraction of sp³-hybridized carbons (Fsp3) is 0.545. The molecule has 0 aromatic heterocycles. The molecule has 1 aliphatic heterocycles. The lowest BCUT2D eigenvalue weighted by atomic mass is 9.77. The van der Waals surface area contributed by atoms with Crippen LogP contribution >= 0.6 is 0 Å². The van der Waals surface area contributed by atoms with Gasteiger partial charge in [0.1, 0.15) is 0 Å². The lowest BCUT2D eigenvalue weighted by molar-refractivity contribution is 0.341. The van der Waals surface area contributed by atoms with Crippen molar-refractivity contribution in [3.8, 4) is 0 Å². The van der Waals surface area contributed by atoms with Gasteiger partial charge in [0, 0.05) is 17.8 Å². The second-order valence-corrected chi connectivity index (χ2v) is 3.86. The fourth-order valence-corrected chi connectivity index (χ4v) is 1.96. The smallest absolute Gasteiger partial charge is 0.0436 e. The summed E-state index contributed by atoms with van der Waals surface area (Å²) in [6.07, 6.45) is 9.78. The first-order chi connectivity index (χ1) is 5.79. The molecule has 1 heterocycles. The second kappa shape index (κ2) is 2.89. The molecule has 3 unspecified atom stereocenters. The second-order valence-electron chi connectivity index (χ2n) is 3.86. The number of hydrogen-bond donors (Lipinski definition) is 0. The standard InChI is InChI=1S/C11H15N/c1-8-7-12-11-6-4-3-5-10(11)9(8)2/h3-4,6-10H,5H2,1-2H3. The summed E-state index contributed by atoms with van der Waals surface area (Å²) < 4.78 is 0. The molecule has 0 spiro atoms. The number of hydrogen-bond acceptors (Lipinski definition) is 1. The highest BCUT2D eigenvalue weighted by Gasteiger charge is 2.28. The highest BCUT2D eigenvalue weighted by molar-refractivity contribution is 5.64. The Bertz CT molecular complexity index is 260. The van der Waals surface area contributed by atoms with Crippen LogP contribution < -0.4 is 0 Å². The van der Waals surface area contributed by atoms with E-state index in [0.717, 1.165) is 5.92 Å². The van der Waals surface area contributed by atoms with Crippen molar-refractivity contribution in [2.24, 2.45) is 22.7 Å². The third kappa shape index (κ3) is 1.13. The lowest BCUT2D eigenvalue weighted by Gasteiger charge is -2.31. The van der Waals surface area contributed by atoms with Crippen molar-refractivity contribution in [2.75, 3.05) is 0 Å². The average molecular weight is 161 g/mol. The summed E-state index contributed by atoms with van der Waals surface area (Å²) in [6, 6.07) is 0. The summed E-state index contributed by atoms with van der Waals surface area (Å²) in [7, 11) is 0. The topological polar surface area (TPSA) is 12.4 Å². The van der Waals surface area contributed by atoms with Crippen molar-refractivity contribution < 1.29 is 0 Å². The molecule has 0 saturated carbocycles. The van der Waals surface area contributed by atoms with Gasteiger partial charge in [0.2, 0.25) is 0 Å². The summed E-state index contributed by atoms with van der Waals surface area (Å²) in [5, 5.41) is 0. The molecule has 0 aromatic carbocycles. The van der Waals surface area contributed by atoms with Crippen LogP contribution in [0.1, 0.15) is 20.3 Å². The van der Waals surface area contributed by atoms with Gasteiger partial charge in [-0.3, -0.25) is 4.99 Å². The molecule has 0 saturated heterocycles. The predicted molar refractivity (Wildman–Crippen MR) is 52.2 cm³/mol. The van der Waals surface area contributed by atoms with Gasteiger partial charge in [-0.15, -0.1) is 0 Å². The molecule has 1 nitrogen and oxygen atoms in total. The Hall–Kier alpha value is -0.850. The first kappa shape index (κ1) is 7.78. The zero-order valence-corrected chi connectivity index (χ0v) is 7.70. The molecule has 1 aliphatic carbocycles. The van der Waals surface area contributed by atoms with Gasteiger partial charge in [-0.2, -0.15) is 0 Å². The molecule has 0 amide bonds. The van der Waals surface area contributed by atoms with Crippen LogP contribution in [0.3, 0.4) is 0 Å². The molecule has 3 atom stereocenters. The molecule has 64 valence electrons. The van der Waals surface area contributed by atoms with Crippen LogP contribution in [0.4, 0.5) is 0 Å². The Morgan fingerprint density at radius 2 is 2.25 bits per heavy atom. The van der Waals surface area contributed by atoms with Gasteiger partial charge in [-0.1, -0.05) is 26.0 Å². The van der Waals surface area contributed by atoms with Gasteiger partial charge < -0.3 is 0 Å². The summed E-state index contributed by atoms with van der Waals surface area (Å²) in [4.78, 5) is 4.47. The minimum Gasteiger partial charge on any atom is -0.265 e. The first-order valence-corrected chi connectivity index (χ1v) is 4.70. The maximum atomic E-state index is 4.47. The highest BCUT2D eigenvalue weighted by Crippen LogP contribution is 2.35. The Kier molecular flexibility index (Phi) is 1.87. The van der Waals surface area contributed by atoms with E-state index in [4.69, 9.17) is 0 Å². The van der Waals surface area contributed by atoms with Crippen molar-refractivity contribution in [1.82, 2.24) is 0 Å². The van der Waals surface area contributed by atoms with E-state index in [1.807, 2.05) is 0 Å². The van der Waals surface area contributed by atoms with Crippen LogP contribution in [0.25, 0.3) is 0 Å². The Morgan fingerprint density at radius 3 is 3.08 bits per heavy atom. The maximum absolute atomic E-state index is 4.47. The molecule has 12 heavy (non-hydrogen) atoms. The zero-order valence-electron chi connectivity index (χ0n) is 7.70. The highest BCUT2D eigenvalue weighted by atomic mass is 14.8. The molecule has 0 aromatic rings. The molecular formula is C11H15N. The molecule has 1 heteroatoms. The summed E-state index contributed by atoms with van der Waals surface area (Å²) in [5.74, 6) is 2.06. The molecular weight excluding hydrogens is 146 g/mol. The average Bonchev–Trinajstić information content (AvgIpc) is 2.12. The van der Waals surface area contributed by atoms with E-state index in [9.17, 15) is 0 Å². The van der Waals surface area contributed by atoms with Gasteiger partial charge in [0.15, 0.2) is 0 Å². The summed E-state index contributed by atoms with van der Waals surface area (Å²) in [6.45, 7) is 4.58. The van der Waals surface area contributed by atoms with Crippen LogP contribution in [0.5, 0.6) is 0 Å². The number of aliphatic imine (C=N–C) groups is 1. The zero-order chi connectivity index (χ0) is 8.55. The van der Waals surface area contributed by atoms with Crippen molar-refractivity contribution >= 4 is 6.21 Å². The summed E-state index contributed by atoms with van der Waals surface area (Å²) >= 11 is 0. The molecule has 0 N–H and O–H groups in total. The minimum atomic E-state index is 0.638. The van der Waals surface area contributed by atoms with Crippen molar-refractivity contribution in [1.29, 1.82) is 0 Å². The molecule has 0 radical (unpaired) electrons. The van der Waals surface area contributed by atoms with Crippen LogP contribution in [-0.4, -0.2) is 6.21 Å².